The molecular formula is C25H23N3O3. The van der Waals surface area contributed by atoms with E-state index >= 15 is 0 Å². The van der Waals surface area contributed by atoms with Crippen LogP contribution in [0.15, 0.2) is 78.9 Å². The third kappa shape index (κ3) is 3.68. The number of non-ortho nitro benzene ring substituents is 1. The molecule has 0 unspecified atom stereocenters. The van der Waals surface area contributed by atoms with E-state index in [9.17, 15) is 14.9 Å². The normalized spacial score (nSPS) is 11.5. The summed E-state index contributed by atoms with van der Waals surface area (Å²) in [5.74, 6) is -0.406. The molecule has 0 aliphatic carbocycles. The van der Waals surface area contributed by atoms with E-state index in [0.29, 0.717) is 6.54 Å². The zero-order valence-electron chi connectivity index (χ0n) is 17.4. The highest BCUT2D eigenvalue weighted by atomic mass is 16.6. The minimum absolute atomic E-state index is 0.0237. The zero-order chi connectivity index (χ0) is 22.2. The van der Waals surface area contributed by atoms with Crippen molar-refractivity contribution in [1.82, 2.24) is 4.57 Å². The maximum absolute atomic E-state index is 12.1. The highest BCUT2D eigenvalue weighted by Gasteiger charge is 2.30. The quantitative estimate of drug-likeness (QED) is 0.339. The van der Waals surface area contributed by atoms with Crippen LogP contribution in [0.25, 0.3) is 33.3 Å². The minimum Gasteiger partial charge on any atom is -0.369 e. The molecule has 0 bridgehead atoms. The van der Waals surface area contributed by atoms with Crippen molar-refractivity contribution in [2.24, 2.45) is 11.1 Å². The van der Waals surface area contributed by atoms with Crippen LogP contribution in [0.3, 0.4) is 0 Å². The monoisotopic (exact) mass is 413 g/mol. The van der Waals surface area contributed by atoms with Gasteiger partial charge >= 0.3 is 0 Å². The molecule has 0 saturated heterocycles. The van der Waals surface area contributed by atoms with Gasteiger partial charge < -0.3 is 10.3 Å². The first-order chi connectivity index (χ1) is 14.8. The molecule has 3 aromatic carbocycles. The van der Waals surface area contributed by atoms with Crippen molar-refractivity contribution in [3.63, 3.8) is 0 Å². The molecule has 0 atom stereocenters. The third-order valence-electron chi connectivity index (χ3n) is 5.59. The summed E-state index contributed by atoms with van der Waals surface area (Å²) in [6.07, 6.45) is 0. The smallest absolute Gasteiger partial charge is 0.270 e. The van der Waals surface area contributed by atoms with Crippen LogP contribution in [-0.4, -0.2) is 15.4 Å². The SMILES string of the molecule is CC(C)(Cn1c(-c2ccccc2)c(-c2ccccc2)c2cc([N+](=O)[O-])ccc21)C(N)=O. The second-order valence-electron chi connectivity index (χ2n) is 8.25. The molecule has 31 heavy (non-hydrogen) atoms. The van der Waals surface area contributed by atoms with E-state index in [1.165, 1.54) is 6.07 Å². The van der Waals surface area contributed by atoms with Crippen molar-refractivity contribution in [2.75, 3.05) is 0 Å². The van der Waals surface area contributed by atoms with E-state index in [2.05, 4.69) is 4.57 Å². The number of amides is 1. The molecule has 1 heterocycles. The summed E-state index contributed by atoms with van der Waals surface area (Å²) in [6.45, 7) is 3.96. The fraction of sp³-hybridized carbons (Fsp3) is 0.160. The first-order valence-electron chi connectivity index (χ1n) is 10.0. The number of hydrogen-bond donors (Lipinski definition) is 1. The predicted molar refractivity (Wildman–Crippen MR) is 122 cm³/mol. The Morgan fingerprint density at radius 2 is 1.55 bits per heavy atom. The number of primary amides is 1. The van der Waals surface area contributed by atoms with E-state index in [1.54, 1.807) is 12.1 Å². The number of nitrogens with two attached hydrogens (primary N) is 1. The molecule has 0 spiro atoms. The number of rotatable bonds is 6. The van der Waals surface area contributed by atoms with Gasteiger partial charge in [-0.15, -0.1) is 0 Å². The Kier molecular flexibility index (Phi) is 5.07. The van der Waals surface area contributed by atoms with E-state index in [-0.39, 0.29) is 10.6 Å². The van der Waals surface area contributed by atoms with E-state index < -0.39 is 11.3 Å². The van der Waals surface area contributed by atoms with Crippen LogP contribution in [0.1, 0.15) is 13.8 Å². The van der Waals surface area contributed by atoms with Crippen LogP contribution >= 0.6 is 0 Å². The average Bonchev–Trinajstić information content (AvgIpc) is 3.07. The van der Waals surface area contributed by atoms with Crippen LogP contribution in [0.4, 0.5) is 5.69 Å². The molecule has 0 fully saturated rings. The lowest BCUT2D eigenvalue weighted by molar-refractivity contribution is -0.384. The molecule has 0 saturated carbocycles. The Morgan fingerprint density at radius 1 is 0.968 bits per heavy atom. The molecule has 0 radical (unpaired) electrons. The Bertz CT molecular complexity index is 1280. The molecule has 1 amide bonds. The molecule has 0 aliphatic rings. The fourth-order valence-electron chi connectivity index (χ4n) is 3.89. The van der Waals surface area contributed by atoms with Crippen LogP contribution < -0.4 is 5.73 Å². The first kappa shape index (κ1) is 20.3. The molecule has 2 N–H and O–H groups in total. The van der Waals surface area contributed by atoms with Gasteiger partial charge in [-0.25, -0.2) is 0 Å². The van der Waals surface area contributed by atoms with E-state index in [0.717, 1.165) is 33.3 Å². The second-order valence-corrected chi connectivity index (χ2v) is 8.25. The van der Waals surface area contributed by atoms with Gasteiger partial charge in [-0.05, 0) is 31.0 Å². The lowest BCUT2D eigenvalue weighted by Gasteiger charge is -2.24. The van der Waals surface area contributed by atoms with Crippen LogP contribution in [-0.2, 0) is 11.3 Å². The topological polar surface area (TPSA) is 91.2 Å². The number of fused-ring (bicyclic) bond motifs is 1. The lowest BCUT2D eigenvalue weighted by atomic mass is 9.92. The highest BCUT2D eigenvalue weighted by molar-refractivity contribution is 6.05. The Balaban J connectivity index is 2.14. The number of hydrogen-bond acceptors (Lipinski definition) is 3. The van der Waals surface area contributed by atoms with E-state index in [4.69, 9.17) is 5.73 Å². The summed E-state index contributed by atoms with van der Waals surface area (Å²) in [4.78, 5) is 23.3. The van der Waals surface area contributed by atoms with Crippen molar-refractivity contribution < 1.29 is 9.72 Å². The van der Waals surface area contributed by atoms with Gasteiger partial charge in [-0.1, -0.05) is 60.7 Å². The zero-order valence-corrected chi connectivity index (χ0v) is 17.4. The van der Waals surface area contributed by atoms with Crippen LogP contribution in [0.5, 0.6) is 0 Å². The van der Waals surface area contributed by atoms with Crippen LogP contribution in [0.2, 0.25) is 0 Å². The van der Waals surface area contributed by atoms with Gasteiger partial charge in [0.1, 0.15) is 0 Å². The van der Waals surface area contributed by atoms with Crippen molar-refractivity contribution in [1.29, 1.82) is 0 Å². The average molecular weight is 413 g/mol. The summed E-state index contributed by atoms with van der Waals surface area (Å²) >= 11 is 0. The molecule has 6 nitrogen and oxygen atoms in total. The van der Waals surface area contributed by atoms with Gasteiger partial charge in [0.05, 0.1) is 16.0 Å². The summed E-state index contributed by atoms with van der Waals surface area (Å²) < 4.78 is 2.06. The summed E-state index contributed by atoms with van der Waals surface area (Å²) in [5.41, 5.74) is 9.42. The molecule has 4 rings (SSSR count). The van der Waals surface area contributed by atoms with Crippen molar-refractivity contribution in [3.8, 4) is 22.4 Å². The van der Waals surface area contributed by atoms with E-state index in [1.807, 2.05) is 74.5 Å². The van der Waals surface area contributed by atoms with Crippen LogP contribution in [0, 0.1) is 15.5 Å². The summed E-state index contributed by atoms with van der Waals surface area (Å²) in [5, 5.41) is 12.3. The molecular weight excluding hydrogens is 390 g/mol. The summed E-state index contributed by atoms with van der Waals surface area (Å²) in [7, 11) is 0. The van der Waals surface area contributed by atoms with Gasteiger partial charge in [-0.2, -0.15) is 0 Å². The molecule has 6 heteroatoms. The first-order valence-corrected chi connectivity index (χ1v) is 10.0. The molecule has 0 aliphatic heterocycles. The lowest BCUT2D eigenvalue weighted by Crippen LogP contribution is -2.35. The maximum Gasteiger partial charge on any atom is 0.270 e. The largest absolute Gasteiger partial charge is 0.369 e. The van der Waals surface area contributed by atoms with Crippen molar-refractivity contribution in [2.45, 2.75) is 20.4 Å². The number of nitrogens with zero attached hydrogens (tertiary/aromatic N) is 2. The standard InChI is InChI=1S/C25H23N3O3/c1-25(2,24(26)29)16-27-21-14-13-19(28(30)31)15-20(21)22(17-9-5-3-6-10-17)23(27)18-11-7-4-8-12-18/h3-15H,16H2,1-2H3,(H2,26,29). The van der Waals surface area contributed by atoms with Gasteiger partial charge in [0.15, 0.2) is 0 Å². The molecule has 4 aromatic rings. The Morgan fingerprint density at radius 3 is 2.10 bits per heavy atom. The van der Waals surface area contributed by atoms with Gasteiger partial charge in [0.25, 0.3) is 5.69 Å². The van der Waals surface area contributed by atoms with Crippen molar-refractivity contribution >= 4 is 22.5 Å². The van der Waals surface area contributed by atoms with Crippen molar-refractivity contribution in [3.05, 3.63) is 89.0 Å². The number of nitro benzene ring substituents is 1. The predicted octanol–water partition coefficient (Wildman–Crippen LogP) is 5.40. The number of nitro groups is 1. The number of carbonyl (C=O) groups is 1. The number of aromatic nitrogens is 1. The molecule has 156 valence electrons. The Labute approximate surface area is 180 Å². The second kappa shape index (κ2) is 7.72. The highest BCUT2D eigenvalue weighted by Crippen LogP contribution is 2.43. The minimum atomic E-state index is -0.814. The number of benzene rings is 3. The maximum atomic E-state index is 12.1. The third-order valence-corrected chi connectivity index (χ3v) is 5.59. The number of carbonyl (C=O) groups excluding carboxylic acids is 1. The fourth-order valence-corrected chi connectivity index (χ4v) is 3.89. The summed E-state index contributed by atoms with van der Waals surface area (Å²) in [6, 6.07) is 24.5. The van der Waals surface area contributed by atoms with Gasteiger partial charge in [0.2, 0.25) is 5.91 Å². The molecule has 1 aromatic heterocycles. The van der Waals surface area contributed by atoms with Gasteiger partial charge in [0, 0.05) is 35.1 Å². The van der Waals surface area contributed by atoms with Gasteiger partial charge in [-0.3, -0.25) is 14.9 Å². The Hall–Kier alpha value is -3.93.